The van der Waals surface area contributed by atoms with Gasteiger partial charge in [-0.1, -0.05) is 20.8 Å². The second-order valence-corrected chi connectivity index (χ2v) is 10.3. The second kappa shape index (κ2) is 5.56. The van der Waals surface area contributed by atoms with Crippen LogP contribution in [0.25, 0.3) is 0 Å². The Morgan fingerprint density at radius 3 is 2.42 bits per heavy atom. The van der Waals surface area contributed by atoms with Gasteiger partial charge in [-0.15, -0.1) is 0 Å². The zero-order chi connectivity index (χ0) is 17.2. The summed E-state index contributed by atoms with van der Waals surface area (Å²) in [6.45, 7) is 7.13. The molecule has 4 aliphatic carbocycles. The van der Waals surface area contributed by atoms with Crippen LogP contribution in [0, 0.1) is 40.4 Å². The van der Waals surface area contributed by atoms with Crippen LogP contribution in [0.5, 0.6) is 0 Å². The van der Waals surface area contributed by atoms with Gasteiger partial charge in [0.15, 0.2) is 0 Å². The molecule has 0 aromatic heterocycles. The van der Waals surface area contributed by atoms with Crippen LogP contribution in [0.1, 0.15) is 85.0 Å². The molecular formula is C22H36O2. The fourth-order valence-electron chi connectivity index (χ4n) is 7.91. The van der Waals surface area contributed by atoms with Crippen LogP contribution >= 0.6 is 0 Å². The van der Waals surface area contributed by atoms with Gasteiger partial charge >= 0.3 is 0 Å². The van der Waals surface area contributed by atoms with E-state index in [1.54, 1.807) is 0 Å². The molecule has 1 N–H and O–H groups in total. The third-order valence-corrected chi connectivity index (χ3v) is 9.72. The molecular weight excluding hydrogens is 296 g/mol. The first-order valence-electron chi connectivity index (χ1n) is 10.5. The van der Waals surface area contributed by atoms with Gasteiger partial charge in [-0.25, -0.2) is 0 Å². The fraction of sp³-hybridized carbons (Fsp3) is 0.955. The lowest BCUT2D eigenvalue weighted by atomic mass is 9.44. The predicted molar refractivity (Wildman–Crippen MR) is 96.5 cm³/mol. The molecule has 0 aliphatic heterocycles. The summed E-state index contributed by atoms with van der Waals surface area (Å²) in [7, 11) is 0. The molecule has 4 rings (SSSR count). The lowest BCUT2D eigenvalue weighted by molar-refractivity contribution is -0.152. The molecule has 8 atom stereocenters. The van der Waals surface area contributed by atoms with Gasteiger partial charge in [0.1, 0.15) is 6.29 Å². The normalized spacial score (nSPS) is 56.9. The van der Waals surface area contributed by atoms with Gasteiger partial charge in [0, 0.05) is 5.92 Å². The second-order valence-electron chi connectivity index (χ2n) is 10.3. The van der Waals surface area contributed by atoms with E-state index >= 15 is 0 Å². The van der Waals surface area contributed by atoms with Crippen LogP contribution in [0.3, 0.4) is 0 Å². The van der Waals surface area contributed by atoms with Crippen molar-refractivity contribution in [1.82, 2.24) is 0 Å². The van der Waals surface area contributed by atoms with Gasteiger partial charge in [0.05, 0.1) is 5.60 Å². The molecule has 2 nitrogen and oxygen atoms in total. The summed E-state index contributed by atoms with van der Waals surface area (Å²) in [5.41, 5.74) is 0.325. The zero-order valence-corrected chi connectivity index (χ0v) is 15.9. The quantitative estimate of drug-likeness (QED) is 0.724. The Bertz CT molecular complexity index is 516. The molecule has 0 amide bonds. The number of aldehydes is 1. The summed E-state index contributed by atoms with van der Waals surface area (Å²) in [5.74, 6) is 3.47. The Kier molecular flexibility index (Phi) is 3.95. The minimum Gasteiger partial charge on any atom is -0.390 e. The van der Waals surface area contributed by atoms with E-state index in [0.717, 1.165) is 43.4 Å². The van der Waals surface area contributed by atoms with Crippen LogP contribution in [0.4, 0.5) is 0 Å². The molecule has 0 radical (unpaired) electrons. The molecule has 0 heterocycles. The predicted octanol–water partition coefficient (Wildman–Crippen LogP) is 4.99. The molecule has 0 unspecified atom stereocenters. The van der Waals surface area contributed by atoms with E-state index in [2.05, 4.69) is 20.8 Å². The molecule has 24 heavy (non-hydrogen) atoms. The maximum atomic E-state index is 11.6. The van der Waals surface area contributed by atoms with E-state index in [9.17, 15) is 9.90 Å². The van der Waals surface area contributed by atoms with Crippen molar-refractivity contribution >= 4 is 6.29 Å². The highest BCUT2D eigenvalue weighted by atomic mass is 16.3. The van der Waals surface area contributed by atoms with E-state index < -0.39 is 5.60 Å². The van der Waals surface area contributed by atoms with Crippen molar-refractivity contribution in [1.29, 1.82) is 0 Å². The number of rotatable bonds is 2. The van der Waals surface area contributed by atoms with Crippen molar-refractivity contribution < 1.29 is 9.90 Å². The molecule has 0 bridgehead atoms. The minimum absolute atomic E-state index is 0.283. The lowest BCUT2D eigenvalue weighted by Gasteiger charge is -2.62. The van der Waals surface area contributed by atoms with Crippen molar-refractivity contribution in [2.24, 2.45) is 40.4 Å². The first-order chi connectivity index (χ1) is 11.4. The Labute approximate surface area is 147 Å². The Balaban J connectivity index is 1.59. The maximum absolute atomic E-state index is 11.6. The van der Waals surface area contributed by atoms with Crippen LogP contribution in [0.2, 0.25) is 0 Å². The summed E-state index contributed by atoms with van der Waals surface area (Å²) in [4.78, 5) is 11.6. The van der Waals surface area contributed by atoms with Gasteiger partial charge < -0.3 is 9.90 Å². The molecule has 0 saturated heterocycles. The SMILES string of the molecule is CC[C@]1(O)CC[C@@]2(C)[C@@H](CC[C@@H]3[C@@H]2CC[C@]2(C)[C@@H](C=O)CC[C@@H]32)C1. The van der Waals surface area contributed by atoms with E-state index in [1.807, 2.05) is 0 Å². The summed E-state index contributed by atoms with van der Waals surface area (Å²) >= 11 is 0. The topological polar surface area (TPSA) is 37.3 Å². The standard InChI is InChI=1S/C22H36O2/c1-4-22(24)12-11-21(3)15(13-22)5-7-17-18-8-6-16(14-23)20(18,2)10-9-19(17)21/h14-19,24H,4-13H2,1-3H3/t15-,16+,17-,18-,19-,20+,21-,22-/m0/s1. The van der Waals surface area contributed by atoms with Gasteiger partial charge in [0.2, 0.25) is 0 Å². The van der Waals surface area contributed by atoms with Crippen molar-refractivity contribution in [2.45, 2.75) is 90.6 Å². The summed E-state index contributed by atoms with van der Waals surface area (Å²) in [6, 6.07) is 0. The highest BCUT2D eigenvalue weighted by Crippen LogP contribution is 2.67. The smallest absolute Gasteiger partial charge is 0.123 e. The van der Waals surface area contributed by atoms with Crippen molar-refractivity contribution in [3.8, 4) is 0 Å². The lowest BCUT2D eigenvalue weighted by Crippen LogP contribution is -2.55. The maximum Gasteiger partial charge on any atom is 0.123 e. The van der Waals surface area contributed by atoms with E-state index in [1.165, 1.54) is 44.8 Å². The number of aliphatic hydroxyl groups is 1. The number of hydrogen-bond donors (Lipinski definition) is 1. The molecule has 0 aromatic carbocycles. The number of fused-ring (bicyclic) bond motifs is 5. The zero-order valence-electron chi connectivity index (χ0n) is 15.9. The largest absolute Gasteiger partial charge is 0.390 e. The van der Waals surface area contributed by atoms with Crippen molar-refractivity contribution in [3.05, 3.63) is 0 Å². The third-order valence-electron chi connectivity index (χ3n) is 9.72. The van der Waals surface area contributed by atoms with Gasteiger partial charge in [-0.2, -0.15) is 0 Å². The van der Waals surface area contributed by atoms with Crippen LogP contribution in [-0.4, -0.2) is 17.0 Å². The monoisotopic (exact) mass is 332 g/mol. The Hall–Kier alpha value is -0.370. The molecule has 0 aromatic rings. The Morgan fingerprint density at radius 2 is 1.71 bits per heavy atom. The summed E-state index contributed by atoms with van der Waals surface area (Å²) in [6.07, 6.45) is 13.1. The summed E-state index contributed by atoms with van der Waals surface area (Å²) < 4.78 is 0. The summed E-state index contributed by atoms with van der Waals surface area (Å²) in [5, 5.41) is 10.8. The highest BCUT2D eigenvalue weighted by Gasteiger charge is 2.60. The molecule has 2 heteroatoms. The first-order valence-corrected chi connectivity index (χ1v) is 10.5. The van der Waals surface area contributed by atoms with Crippen LogP contribution in [0.15, 0.2) is 0 Å². The van der Waals surface area contributed by atoms with E-state index in [4.69, 9.17) is 0 Å². The number of carbonyl (C=O) groups excluding carboxylic acids is 1. The molecule has 4 saturated carbocycles. The van der Waals surface area contributed by atoms with Gasteiger partial charge in [0.25, 0.3) is 0 Å². The average Bonchev–Trinajstić information content (AvgIpc) is 2.92. The van der Waals surface area contributed by atoms with Crippen LogP contribution in [-0.2, 0) is 4.79 Å². The minimum atomic E-state index is -0.393. The van der Waals surface area contributed by atoms with E-state index in [-0.39, 0.29) is 5.41 Å². The Morgan fingerprint density at radius 1 is 0.958 bits per heavy atom. The number of hydrogen-bond acceptors (Lipinski definition) is 2. The van der Waals surface area contributed by atoms with Gasteiger partial charge in [-0.3, -0.25) is 0 Å². The van der Waals surface area contributed by atoms with E-state index in [0.29, 0.717) is 17.3 Å². The van der Waals surface area contributed by atoms with Crippen molar-refractivity contribution in [3.63, 3.8) is 0 Å². The molecule has 136 valence electrons. The van der Waals surface area contributed by atoms with Gasteiger partial charge in [-0.05, 0) is 98.7 Å². The highest BCUT2D eigenvalue weighted by molar-refractivity contribution is 5.56. The van der Waals surface area contributed by atoms with Crippen molar-refractivity contribution in [2.75, 3.05) is 0 Å². The third kappa shape index (κ3) is 2.20. The average molecular weight is 333 g/mol. The fourth-order valence-corrected chi connectivity index (χ4v) is 7.91. The molecule has 0 spiro atoms. The molecule has 4 fully saturated rings. The number of carbonyl (C=O) groups is 1. The molecule has 4 aliphatic rings. The van der Waals surface area contributed by atoms with Crippen LogP contribution < -0.4 is 0 Å². The first kappa shape index (κ1) is 17.1.